The van der Waals surface area contributed by atoms with Crippen molar-refractivity contribution in [1.82, 2.24) is 14.8 Å². The van der Waals surface area contributed by atoms with E-state index in [4.69, 9.17) is 9.47 Å². The number of hydrogen-bond donors (Lipinski definition) is 1. The molecule has 0 unspecified atom stereocenters. The van der Waals surface area contributed by atoms with Crippen molar-refractivity contribution >= 4 is 40.0 Å². The Hall–Kier alpha value is -2.85. The van der Waals surface area contributed by atoms with Crippen LogP contribution in [0, 0.1) is 13.8 Å². The summed E-state index contributed by atoms with van der Waals surface area (Å²) in [5.41, 5.74) is 1.47. The smallest absolute Gasteiger partial charge is 0.340 e. The van der Waals surface area contributed by atoms with E-state index in [9.17, 15) is 9.59 Å². The first kappa shape index (κ1) is 21.8. The summed E-state index contributed by atoms with van der Waals surface area (Å²) in [4.78, 5) is 25.1. The number of rotatable bonds is 8. The number of nitrogens with one attached hydrogen (secondary N) is 1. The second kappa shape index (κ2) is 9.77. The summed E-state index contributed by atoms with van der Waals surface area (Å²) in [7, 11) is 3.14. The normalized spacial score (nSPS) is 10.7. The minimum atomic E-state index is -0.478. The summed E-state index contributed by atoms with van der Waals surface area (Å²) in [6, 6.07) is 9.47. The van der Waals surface area contributed by atoms with Gasteiger partial charge in [-0.2, -0.15) is 0 Å². The molecule has 0 saturated heterocycles. The van der Waals surface area contributed by atoms with Crippen LogP contribution in [0.2, 0.25) is 0 Å². The van der Waals surface area contributed by atoms with Crippen molar-refractivity contribution in [2.45, 2.75) is 25.6 Å². The van der Waals surface area contributed by atoms with E-state index in [0.717, 1.165) is 16.2 Å². The second-order valence-electron chi connectivity index (χ2n) is 6.49. The van der Waals surface area contributed by atoms with Crippen LogP contribution < -0.4 is 10.1 Å². The first-order valence-corrected chi connectivity index (χ1v) is 10.9. The van der Waals surface area contributed by atoms with Crippen LogP contribution in [0.5, 0.6) is 5.75 Å². The molecule has 158 valence electrons. The number of amides is 1. The second-order valence-corrected chi connectivity index (χ2v) is 8.69. The van der Waals surface area contributed by atoms with E-state index in [1.807, 2.05) is 45.2 Å². The Balaban J connectivity index is 1.56. The summed E-state index contributed by atoms with van der Waals surface area (Å²) in [5.74, 6) is 0.823. The van der Waals surface area contributed by atoms with Gasteiger partial charge in [0.2, 0.25) is 5.91 Å². The molecule has 0 saturated carbocycles. The lowest BCUT2D eigenvalue weighted by atomic mass is 10.2. The SMILES string of the molecule is COC(=O)c1cc(C)sc1NC(=O)CSc1nnc(COc2cccc(C)c2)n1C. The van der Waals surface area contributed by atoms with Crippen molar-refractivity contribution in [2.24, 2.45) is 7.05 Å². The van der Waals surface area contributed by atoms with Gasteiger partial charge in [-0.05, 0) is 37.6 Å². The highest BCUT2D eigenvalue weighted by Gasteiger charge is 2.18. The van der Waals surface area contributed by atoms with E-state index in [1.165, 1.54) is 30.2 Å². The quantitative estimate of drug-likeness (QED) is 0.417. The maximum absolute atomic E-state index is 12.4. The molecule has 0 aliphatic heterocycles. The van der Waals surface area contributed by atoms with Gasteiger partial charge in [-0.3, -0.25) is 4.79 Å². The highest BCUT2D eigenvalue weighted by Crippen LogP contribution is 2.28. The van der Waals surface area contributed by atoms with Crippen LogP contribution in [-0.2, 0) is 23.2 Å². The van der Waals surface area contributed by atoms with Gasteiger partial charge in [-0.15, -0.1) is 21.5 Å². The number of ether oxygens (including phenoxy) is 2. The summed E-state index contributed by atoms with van der Waals surface area (Å²) in [6.45, 7) is 4.14. The van der Waals surface area contributed by atoms with Gasteiger partial charge in [0.25, 0.3) is 0 Å². The number of aromatic nitrogens is 3. The molecule has 0 aliphatic carbocycles. The molecule has 0 fully saturated rings. The Labute approximate surface area is 182 Å². The Kier molecular flexibility index (Phi) is 7.11. The zero-order valence-electron chi connectivity index (χ0n) is 17.1. The van der Waals surface area contributed by atoms with Gasteiger partial charge in [-0.25, -0.2) is 4.79 Å². The third kappa shape index (κ3) is 5.39. The molecule has 0 atom stereocenters. The number of aryl methyl sites for hydroxylation is 2. The van der Waals surface area contributed by atoms with Gasteiger partial charge < -0.3 is 19.4 Å². The number of carbonyl (C=O) groups is 2. The number of carbonyl (C=O) groups excluding carboxylic acids is 2. The van der Waals surface area contributed by atoms with Crippen molar-refractivity contribution in [1.29, 1.82) is 0 Å². The predicted molar refractivity (Wildman–Crippen MR) is 116 cm³/mol. The van der Waals surface area contributed by atoms with Crippen LogP contribution in [0.25, 0.3) is 0 Å². The Morgan fingerprint density at radius 1 is 1.23 bits per heavy atom. The Bertz CT molecular complexity index is 1060. The topological polar surface area (TPSA) is 95.3 Å². The largest absolute Gasteiger partial charge is 0.486 e. The maximum Gasteiger partial charge on any atom is 0.340 e. The van der Waals surface area contributed by atoms with Crippen molar-refractivity contribution < 1.29 is 19.1 Å². The molecule has 30 heavy (non-hydrogen) atoms. The van der Waals surface area contributed by atoms with Crippen LogP contribution in [-0.4, -0.2) is 39.5 Å². The van der Waals surface area contributed by atoms with Crippen molar-refractivity contribution in [3.8, 4) is 5.75 Å². The third-order valence-corrected chi connectivity index (χ3v) is 6.11. The van der Waals surface area contributed by atoms with Crippen molar-refractivity contribution in [3.05, 3.63) is 52.2 Å². The standard InChI is InChI=1S/C20H22N4O4S2/c1-12-6-5-7-14(8-12)28-10-16-22-23-20(24(16)3)29-11-17(25)21-18-15(19(26)27-4)9-13(2)30-18/h5-9H,10-11H2,1-4H3,(H,21,25). The van der Waals surface area contributed by atoms with Gasteiger partial charge in [0.1, 0.15) is 17.4 Å². The average molecular weight is 447 g/mol. The lowest BCUT2D eigenvalue weighted by Crippen LogP contribution is -2.16. The van der Waals surface area contributed by atoms with Crippen LogP contribution in [0.4, 0.5) is 5.00 Å². The fourth-order valence-corrected chi connectivity index (χ4v) is 4.26. The molecule has 1 aromatic carbocycles. The summed E-state index contributed by atoms with van der Waals surface area (Å²) in [6.07, 6.45) is 0. The summed E-state index contributed by atoms with van der Waals surface area (Å²) >= 11 is 2.59. The molecule has 8 nitrogen and oxygen atoms in total. The fourth-order valence-electron chi connectivity index (χ4n) is 2.61. The van der Waals surface area contributed by atoms with E-state index >= 15 is 0 Å². The number of anilines is 1. The van der Waals surface area contributed by atoms with E-state index in [2.05, 4.69) is 15.5 Å². The van der Waals surface area contributed by atoms with Crippen LogP contribution >= 0.6 is 23.1 Å². The Morgan fingerprint density at radius 3 is 2.77 bits per heavy atom. The molecule has 3 rings (SSSR count). The molecule has 1 amide bonds. The number of methoxy groups -OCH3 is 1. The predicted octanol–water partition coefficient (Wildman–Crippen LogP) is 3.59. The molecule has 10 heteroatoms. The first-order chi connectivity index (χ1) is 14.4. The number of nitrogens with zero attached hydrogens (tertiary/aromatic N) is 3. The fraction of sp³-hybridized carbons (Fsp3) is 0.300. The Morgan fingerprint density at radius 2 is 2.03 bits per heavy atom. The molecule has 0 bridgehead atoms. The number of hydrogen-bond acceptors (Lipinski definition) is 8. The zero-order valence-corrected chi connectivity index (χ0v) is 18.7. The van der Waals surface area contributed by atoms with E-state index < -0.39 is 5.97 Å². The number of thiophene rings is 1. The van der Waals surface area contributed by atoms with Crippen LogP contribution in [0.1, 0.15) is 26.6 Å². The average Bonchev–Trinajstić information content (AvgIpc) is 3.26. The number of thioether (sulfide) groups is 1. The number of benzene rings is 1. The molecule has 0 aliphatic rings. The van der Waals surface area contributed by atoms with E-state index in [-0.39, 0.29) is 18.3 Å². The van der Waals surface area contributed by atoms with E-state index in [0.29, 0.717) is 21.5 Å². The molecule has 1 N–H and O–H groups in total. The van der Waals surface area contributed by atoms with Gasteiger partial charge >= 0.3 is 5.97 Å². The third-order valence-electron chi connectivity index (χ3n) is 4.13. The van der Waals surface area contributed by atoms with Gasteiger partial charge in [0, 0.05) is 11.9 Å². The summed E-state index contributed by atoms with van der Waals surface area (Å²) in [5, 5.41) is 12.1. The minimum absolute atomic E-state index is 0.127. The molecule has 2 aromatic heterocycles. The van der Waals surface area contributed by atoms with Crippen LogP contribution in [0.3, 0.4) is 0 Å². The monoisotopic (exact) mass is 446 g/mol. The zero-order chi connectivity index (χ0) is 21.7. The highest BCUT2D eigenvalue weighted by molar-refractivity contribution is 7.99. The lowest BCUT2D eigenvalue weighted by molar-refractivity contribution is -0.113. The van der Waals surface area contributed by atoms with Gasteiger partial charge in [0.15, 0.2) is 11.0 Å². The maximum atomic E-state index is 12.4. The molecule has 0 spiro atoms. The highest BCUT2D eigenvalue weighted by atomic mass is 32.2. The van der Waals surface area contributed by atoms with Gasteiger partial charge in [-0.1, -0.05) is 23.9 Å². The van der Waals surface area contributed by atoms with Gasteiger partial charge in [0.05, 0.1) is 18.4 Å². The lowest BCUT2D eigenvalue weighted by Gasteiger charge is -2.07. The molecular formula is C20H22N4O4S2. The molecule has 3 aromatic rings. The van der Waals surface area contributed by atoms with E-state index in [1.54, 1.807) is 10.6 Å². The van der Waals surface area contributed by atoms with Crippen molar-refractivity contribution in [2.75, 3.05) is 18.2 Å². The summed E-state index contributed by atoms with van der Waals surface area (Å²) < 4.78 is 12.3. The minimum Gasteiger partial charge on any atom is -0.486 e. The molecule has 0 radical (unpaired) electrons. The van der Waals surface area contributed by atoms with Crippen LogP contribution in [0.15, 0.2) is 35.5 Å². The first-order valence-electron chi connectivity index (χ1n) is 9.06. The van der Waals surface area contributed by atoms with Crippen molar-refractivity contribution in [3.63, 3.8) is 0 Å². The number of esters is 1. The molecule has 2 heterocycles. The molecular weight excluding hydrogens is 424 g/mol.